The van der Waals surface area contributed by atoms with Crippen molar-refractivity contribution in [2.24, 2.45) is 0 Å². The Morgan fingerprint density at radius 1 is 1.50 bits per heavy atom. The molecule has 0 fully saturated rings. The van der Waals surface area contributed by atoms with Gasteiger partial charge in [0.2, 0.25) is 0 Å². The van der Waals surface area contributed by atoms with Crippen LogP contribution in [0.3, 0.4) is 0 Å². The van der Waals surface area contributed by atoms with Crippen LogP contribution in [0.4, 0.5) is 0 Å². The van der Waals surface area contributed by atoms with Crippen molar-refractivity contribution >= 4 is 22.6 Å². The third-order valence-corrected chi connectivity index (χ3v) is 2.46. The maximum absolute atomic E-state index is 5.98. The molecule has 0 aromatic carbocycles. The highest BCUT2D eigenvalue weighted by molar-refractivity contribution is 6.34. The van der Waals surface area contributed by atoms with Crippen LogP contribution in [-0.2, 0) is 6.54 Å². The number of unbranched alkanes of at least 4 members (excludes halogenated alkanes) is 1. The lowest BCUT2D eigenvalue weighted by Gasteiger charge is -1.99. The first kappa shape index (κ1) is 9.46. The van der Waals surface area contributed by atoms with Gasteiger partial charge in [-0.1, -0.05) is 24.9 Å². The van der Waals surface area contributed by atoms with Crippen LogP contribution in [0.15, 0.2) is 18.3 Å². The number of halogens is 1. The first-order valence-electron chi connectivity index (χ1n) is 4.80. The predicted octanol–water partition coefficient (Wildman–Crippen LogP) is 2.88. The van der Waals surface area contributed by atoms with Crippen LogP contribution < -0.4 is 0 Å². The fraction of sp³-hybridized carbons (Fsp3) is 0.400. The molecule has 0 aliphatic heterocycles. The van der Waals surface area contributed by atoms with Gasteiger partial charge in [-0.2, -0.15) is 5.10 Å². The molecule has 0 bridgehead atoms. The van der Waals surface area contributed by atoms with E-state index in [4.69, 9.17) is 11.6 Å². The van der Waals surface area contributed by atoms with Crippen molar-refractivity contribution in [1.82, 2.24) is 14.8 Å². The topological polar surface area (TPSA) is 30.7 Å². The normalized spacial score (nSPS) is 11.0. The molecule has 74 valence electrons. The van der Waals surface area contributed by atoms with Crippen molar-refractivity contribution in [3.63, 3.8) is 0 Å². The summed E-state index contributed by atoms with van der Waals surface area (Å²) < 4.78 is 1.88. The van der Waals surface area contributed by atoms with Gasteiger partial charge in [-0.15, -0.1) is 0 Å². The molecule has 0 saturated carbocycles. The third kappa shape index (κ3) is 1.60. The summed E-state index contributed by atoms with van der Waals surface area (Å²) in [7, 11) is 0. The van der Waals surface area contributed by atoms with Crippen LogP contribution in [0.25, 0.3) is 11.0 Å². The minimum Gasteiger partial charge on any atom is -0.246 e. The zero-order chi connectivity index (χ0) is 9.97. The van der Waals surface area contributed by atoms with Crippen molar-refractivity contribution < 1.29 is 0 Å². The molecular formula is C10H12ClN3. The molecule has 0 atom stereocenters. The number of fused-ring (bicyclic) bond motifs is 1. The van der Waals surface area contributed by atoms with Gasteiger partial charge < -0.3 is 0 Å². The maximum atomic E-state index is 5.98. The summed E-state index contributed by atoms with van der Waals surface area (Å²) in [5, 5.41) is 5.73. The van der Waals surface area contributed by atoms with Gasteiger partial charge >= 0.3 is 0 Å². The third-order valence-electron chi connectivity index (χ3n) is 2.19. The summed E-state index contributed by atoms with van der Waals surface area (Å²) in [6, 6.07) is 3.82. The molecular weight excluding hydrogens is 198 g/mol. The summed E-state index contributed by atoms with van der Waals surface area (Å²) >= 11 is 5.98. The molecule has 0 aliphatic rings. The summed E-state index contributed by atoms with van der Waals surface area (Å²) in [6.07, 6.45) is 4.01. The van der Waals surface area contributed by atoms with E-state index in [1.165, 1.54) is 0 Å². The average molecular weight is 210 g/mol. The van der Waals surface area contributed by atoms with Crippen molar-refractivity contribution in [2.75, 3.05) is 0 Å². The van der Waals surface area contributed by atoms with Crippen LogP contribution in [0, 0.1) is 0 Å². The molecule has 4 heteroatoms. The Kier molecular flexibility index (Phi) is 2.68. The van der Waals surface area contributed by atoms with Gasteiger partial charge in [0.25, 0.3) is 0 Å². The molecule has 0 amide bonds. The lowest BCUT2D eigenvalue weighted by atomic mass is 10.3. The number of nitrogens with zero attached hydrogens (tertiary/aromatic N) is 3. The van der Waals surface area contributed by atoms with Gasteiger partial charge in [-0.25, -0.2) is 9.67 Å². The summed E-state index contributed by atoms with van der Waals surface area (Å²) in [4.78, 5) is 4.27. The Balaban J connectivity index is 2.44. The second-order valence-corrected chi connectivity index (χ2v) is 3.60. The smallest absolute Gasteiger partial charge is 0.160 e. The largest absolute Gasteiger partial charge is 0.246 e. The zero-order valence-electron chi connectivity index (χ0n) is 8.07. The Morgan fingerprint density at radius 2 is 2.36 bits per heavy atom. The fourth-order valence-corrected chi connectivity index (χ4v) is 1.67. The van der Waals surface area contributed by atoms with E-state index in [1.807, 2.05) is 16.8 Å². The van der Waals surface area contributed by atoms with Crippen molar-refractivity contribution in [3.05, 3.63) is 23.5 Å². The molecule has 2 rings (SSSR count). The molecule has 2 aromatic rings. The maximum Gasteiger partial charge on any atom is 0.160 e. The molecule has 0 spiro atoms. The number of pyridine rings is 1. The number of aromatic nitrogens is 3. The van der Waals surface area contributed by atoms with E-state index in [-0.39, 0.29) is 0 Å². The van der Waals surface area contributed by atoms with Gasteiger partial charge in [0.1, 0.15) is 0 Å². The zero-order valence-corrected chi connectivity index (χ0v) is 8.83. The Morgan fingerprint density at radius 3 is 3.14 bits per heavy atom. The number of hydrogen-bond acceptors (Lipinski definition) is 2. The number of hydrogen-bond donors (Lipinski definition) is 0. The molecule has 0 unspecified atom stereocenters. The highest BCUT2D eigenvalue weighted by atomic mass is 35.5. The lowest BCUT2D eigenvalue weighted by Crippen LogP contribution is -2.00. The van der Waals surface area contributed by atoms with E-state index in [2.05, 4.69) is 17.0 Å². The van der Waals surface area contributed by atoms with Gasteiger partial charge in [-0.3, -0.25) is 0 Å². The molecule has 14 heavy (non-hydrogen) atoms. The highest BCUT2D eigenvalue weighted by Crippen LogP contribution is 2.20. The van der Waals surface area contributed by atoms with Crippen molar-refractivity contribution in [2.45, 2.75) is 26.3 Å². The molecule has 0 N–H and O–H groups in total. The van der Waals surface area contributed by atoms with Gasteiger partial charge in [-0.05, 0) is 18.6 Å². The van der Waals surface area contributed by atoms with E-state index in [0.29, 0.717) is 5.15 Å². The second kappa shape index (κ2) is 3.96. The van der Waals surface area contributed by atoms with Gasteiger partial charge in [0, 0.05) is 12.7 Å². The van der Waals surface area contributed by atoms with Gasteiger partial charge in [0.15, 0.2) is 10.8 Å². The molecule has 2 aromatic heterocycles. The number of aryl methyl sites for hydroxylation is 1. The summed E-state index contributed by atoms with van der Waals surface area (Å²) in [5.41, 5.74) is 0.881. The first-order chi connectivity index (χ1) is 6.83. The number of rotatable bonds is 3. The van der Waals surface area contributed by atoms with E-state index < -0.39 is 0 Å². The summed E-state index contributed by atoms with van der Waals surface area (Å²) in [5.74, 6) is 0. The van der Waals surface area contributed by atoms with E-state index in [0.717, 1.165) is 30.4 Å². The fourth-order valence-electron chi connectivity index (χ4n) is 1.43. The lowest BCUT2D eigenvalue weighted by molar-refractivity contribution is 0.584. The van der Waals surface area contributed by atoms with Gasteiger partial charge in [0.05, 0.1) is 5.39 Å². The average Bonchev–Trinajstić information content (AvgIpc) is 2.54. The quantitative estimate of drug-likeness (QED) is 0.778. The van der Waals surface area contributed by atoms with E-state index in [1.54, 1.807) is 6.20 Å². The highest BCUT2D eigenvalue weighted by Gasteiger charge is 2.07. The molecule has 2 heterocycles. The van der Waals surface area contributed by atoms with Crippen LogP contribution in [0.5, 0.6) is 0 Å². The Hall–Kier alpha value is -1.09. The second-order valence-electron chi connectivity index (χ2n) is 3.24. The molecule has 0 saturated heterocycles. The molecule has 0 aliphatic carbocycles. The van der Waals surface area contributed by atoms with Crippen LogP contribution in [0.2, 0.25) is 5.15 Å². The van der Waals surface area contributed by atoms with Crippen molar-refractivity contribution in [3.8, 4) is 0 Å². The first-order valence-corrected chi connectivity index (χ1v) is 5.17. The van der Waals surface area contributed by atoms with Crippen LogP contribution >= 0.6 is 11.6 Å². The minimum atomic E-state index is 0.546. The minimum absolute atomic E-state index is 0.546. The monoisotopic (exact) mass is 209 g/mol. The Labute approximate surface area is 87.7 Å². The molecule has 0 radical (unpaired) electrons. The summed E-state index contributed by atoms with van der Waals surface area (Å²) in [6.45, 7) is 3.04. The van der Waals surface area contributed by atoms with E-state index >= 15 is 0 Å². The van der Waals surface area contributed by atoms with Crippen LogP contribution in [0.1, 0.15) is 19.8 Å². The van der Waals surface area contributed by atoms with Crippen molar-refractivity contribution in [1.29, 1.82) is 0 Å². The standard InChI is InChI=1S/C10H12ClN3/c1-2-3-7-14-10-8(9(11)13-14)5-4-6-12-10/h4-6H,2-3,7H2,1H3. The predicted molar refractivity (Wildman–Crippen MR) is 57.4 cm³/mol. The van der Waals surface area contributed by atoms with Crippen LogP contribution in [-0.4, -0.2) is 14.8 Å². The SMILES string of the molecule is CCCCn1nc(Cl)c2cccnc21. The molecule has 3 nitrogen and oxygen atoms in total. The van der Waals surface area contributed by atoms with E-state index in [9.17, 15) is 0 Å². The Bertz CT molecular complexity index is 436.